The molecule has 2 atom stereocenters. The third-order valence-corrected chi connectivity index (χ3v) is 6.05. The van der Waals surface area contributed by atoms with Gasteiger partial charge in [-0.1, -0.05) is 29.8 Å². The molecule has 0 spiro atoms. The average Bonchev–Trinajstić information content (AvgIpc) is 3.08. The summed E-state index contributed by atoms with van der Waals surface area (Å²) in [4.78, 5) is 15.2. The molecule has 4 rings (SSSR count). The first-order valence-electron chi connectivity index (χ1n) is 9.35. The molecule has 2 aromatic rings. The second-order valence-electron chi connectivity index (χ2n) is 7.47. The number of likely N-dealkylation sites (tertiary alicyclic amines) is 1. The summed E-state index contributed by atoms with van der Waals surface area (Å²) >= 11 is 6.29. The van der Waals surface area contributed by atoms with Crippen LogP contribution in [0.15, 0.2) is 24.3 Å². The number of nitrogens with zero attached hydrogens (tertiary/aromatic N) is 3. The average molecular weight is 409 g/mol. The second kappa shape index (κ2) is 8.21. The van der Waals surface area contributed by atoms with Crippen molar-refractivity contribution in [2.24, 2.45) is 0 Å². The zero-order valence-electron chi connectivity index (χ0n) is 15.7. The molecule has 0 saturated carbocycles. The minimum Gasteiger partial charge on any atom is -0.337 e. The van der Waals surface area contributed by atoms with Crippen LogP contribution in [0.2, 0.25) is 5.02 Å². The van der Waals surface area contributed by atoms with E-state index in [-0.39, 0.29) is 18.3 Å². The number of benzene rings is 1. The molecular weight excluding hydrogens is 383 g/mol. The number of halogens is 2. The lowest BCUT2D eigenvalue weighted by Gasteiger charge is -2.24. The fraction of sp³-hybridized carbons (Fsp3) is 0.500. The molecule has 1 aromatic heterocycles. The molecule has 3 heterocycles. The van der Waals surface area contributed by atoms with Crippen molar-refractivity contribution in [3.8, 4) is 0 Å². The molecule has 2 bridgehead atoms. The number of carbonyl (C=O) groups excluding carboxylic acids is 1. The predicted molar refractivity (Wildman–Crippen MR) is 110 cm³/mol. The molecule has 2 aliphatic rings. The van der Waals surface area contributed by atoms with Gasteiger partial charge in [0, 0.05) is 35.9 Å². The molecule has 2 aliphatic heterocycles. The number of carbonyl (C=O) groups is 1. The van der Waals surface area contributed by atoms with Crippen LogP contribution in [0.3, 0.4) is 0 Å². The Balaban J connectivity index is 0.00000210. The van der Waals surface area contributed by atoms with Crippen LogP contribution < -0.4 is 5.32 Å². The first-order chi connectivity index (χ1) is 12.5. The molecule has 1 amide bonds. The molecule has 2 saturated heterocycles. The van der Waals surface area contributed by atoms with E-state index >= 15 is 0 Å². The smallest absolute Gasteiger partial charge is 0.257 e. The van der Waals surface area contributed by atoms with Crippen molar-refractivity contribution in [3.05, 3.63) is 51.8 Å². The van der Waals surface area contributed by atoms with Crippen molar-refractivity contribution in [2.75, 3.05) is 13.1 Å². The number of fused-ring (bicyclic) bond motifs is 2. The molecule has 1 N–H and O–H groups in total. The van der Waals surface area contributed by atoms with Gasteiger partial charge >= 0.3 is 0 Å². The molecule has 146 valence electrons. The van der Waals surface area contributed by atoms with Crippen LogP contribution in [0, 0.1) is 13.8 Å². The molecule has 1 aromatic carbocycles. The molecule has 2 fully saturated rings. The third kappa shape index (κ3) is 4.00. The summed E-state index contributed by atoms with van der Waals surface area (Å²) in [6.45, 7) is 6.09. The highest BCUT2D eigenvalue weighted by Gasteiger charge is 2.33. The molecule has 0 radical (unpaired) electrons. The van der Waals surface area contributed by atoms with E-state index in [0.717, 1.165) is 53.5 Å². The standard InChI is InChI=1S/C20H25ClN4O.ClH/c1-13-19(20(26)24-10-9-16-7-8-17(12-24)22-16)14(2)25(23-13)11-15-5-3-4-6-18(15)21;/h3-6,16-17,22H,7-12H2,1-2H3;1H. The summed E-state index contributed by atoms with van der Waals surface area (Å²) in [6, 6.07) is 8.78. The highest BCUT2D eigenvalue weighted by atomic mass is 35.5. The van der Waals surface area contributed by atoms with Crippen molar-refractivity contribution in [1.82, 2.24) is 20.0 Å². The van der Waals surface area contributed by atoms with Gasteiger partial charge in [-0.2, -0.15) is 5.10 Å². The van der Waals surface area contributed by atoms with E-state index in [0.29, 0.717) is 18.6 Å². The van der Waals surface area contributed by atoms with Crippen LogP contribution in [0.4, 0.5) is 0 Å². The van der Waals surface area contributed by atoms with Crippen molar-refractivity contribution in [1.29, 1.82) is 0 Å². The van der Waals surface area contributed by atoms with Gasteiger partial charge in [-0.15, -0.1) is 12.4 Å². The maximum absolute atomic E-state index is 13.2. The zero-order chi connectivity index (χ0) is 18.3. The molecule has 2 unspecified atom stereocenters. The van der Waals surface area contributed by atoms with Crippen molar-refractivity contribution in [2.45, 2.75) is 51.7 Å². The van der Waals surface area contributed by atoms with Crippen LogP contribution in [-0.2, 0) is 6.54 Å². The maximum atomic E-state index is 13.2. The number of rotatable bonds is 3. The number of aryl methyl sites for hydroxylation is 1. The Hall–Kier alpha value is -1.56. The van der Waals surface area contributed by atoms with Gasteiger partial charge in [0.1, 0.15) is 0 Å². The van der Waals surface area contributed by atoms with Gasteiger partial charge < -0.3 is 10.2 Å². The fourth-order valence-electron chi connectivity index (χ4n) is 4.23. The van der Waals surface area contributed by atoms with Gasteiger partial charge in [0.2, 0.25) is 0 Å². The lowest BCUT2D eigenvalue weighted by atomic mass is 10.1. The molecule has 7 heteroatoms. The van der Waals surface area contributed by atoms with Crippen molar-refractivity contribution < 1.29 is 4.79 Å². The zero-order valence-corrected chi connectivity index (χ0v) is 17.3. The number of nitrogens with one attached hydrogen (secondary N) is 1. The Morgan fingerprint density at radius 3 is 2.74 bits per heavy atom. The monoisotopic (exact) mass is 408 g/mol. The van der Waals surface area contributed by atoms with Crippen LogP contribution in [0.5, 0.6) is 0 Å². The summed E-state index contributed by atoms with van der Waals surface area (Å²) < 4.78 is 1.89. The number of hydrogen-bond acceptors (Lipinski definition) is 3. The van der Waals surface area contributed by atoms with E-state index in [4.69, 9.17) is 11.6 Å². The highest BCUT2D eigenvalue weighted by Crippen LogP contribution is 2.24. The fourth-order valence-corrected chi connectivity index (χ4v) is 4.43. The molecule has 5 nitrogen and oxygen atoms in total. The highest BCUT2D eigenvalue weighted by molar-refractivity contribution is 6.31. The Morgan fingerprint density at radius 1 is 1.22 bits per heavy atom. The third-order valence-electron chi connectivity index (χ3n) is 5.68. The van der Waals surface area contributed by atoms with Crippen molar-refractivity contribution >= 4 is 29.9 Å². The predicted octanol–water partition coefficient (Wildman–Crippen LogP) is 3.59. The lowest BCUT2D eigenvalue weighted by Crippen LogP contribution is -2.39. The normalized spacial score (nSPS) is 21.7. The van der Waals surface area contributed by atoms with E-state index in [9.17, 15) is 4.79 Å². The number of hydrogen-bond donors (Lipinski definition) is 1. The summed E-state index contributed by atoms with van der Waals surface area (Å²) in [7, 11) is 0. The van der Waals surface area contributed by atoms with Gasteiger partial charge in [-0.25, -0.2) is 0 Å². The first-order valence-corrected chi connectivity index (χ1v) is 9.73. The van der Waals surface area contributed by atoms with E-state index in [2.05, 4.69) is 10.4 Å². The van der Waals surface area contributed by atoms with E-state index in [1.807, 2.05) is 47.7 Å². The topological polar surface area (TPSA) is 50.2 Å². The van der Waals surface area contributed by atoms with E-state index < -0.39 is 0 Å². The Bertz CT molecular complexity index is 835. The minimum atomic E-state index is 0. The quantitative estimate of drug-likeness (QED) is 0.843. The second-order valence-corrected chi connectivity index (χ2v) is 7.88. The summed E-state index contributed by atoms with van der Waals surface area (Å²) in [5, 5.41) is 8.99. The van der Waals surface area contributed by atoms with E-state index in [1.54, 1.807) is 0 Å². The summed E-state index contributed by atoms with van der Waals surface area (Å²) in [5.41, 5.74) is 3.46. The van der Waals surface area contributed by atoms with Crippen molar-refractivity contribution in [3.63, 3.8) is 0 Å². The minimum absolute atomic E-state index is 0. The SMILES string of the molecule is Cc1nn(Cc2ccccc2Cl)c(C)c1C(=O)N1CCC2CCC(C1)N2.Cl. The van der Waals surface area contributed by atoms with Crippen LogP contribution in [-0.4, -0.2) is 45.8 Å². The molecule has 27 heavy (non-hydrogen) atoms. The Labute approximate surface area is 171 Å². The largest absolute Gasteiger partial charge is 0.337 e. The maximum Gasteiger partial charge on any atom is 0.257 e. The van der Waals surface area contributed by atoms with E-state index in [1.165, 1.54) is 6.42 Å². The van der Waals surface area contributed by atoms with Gasteiger partial charge in [-0.05, 0) is 44.7 Å². The molecular formula is C20H26Cl2N4O. The van der Waals surface area contributed by atoms with Gasteiger partial charge in [0.15, 0.2) is 0 Å². The summed E-state index contributed by atoms with van der Waals surface area (Å²) in [5.74, 6) is 0.111. The summed E-state index contributed by atoms with van der Waals surface area (Å²) in [6.07, 6.45) is 3.44. The van der Waals surface area contributed by atoms with Crippen LogP contribution in [0.25, 0.3) is 0 Å². The van der Waals surface area contributed by atoms with Crippen LogP contribution in [0.1, 0.15) is 46.6 Å². The van der Waals surface area contributed by atoms with Crippen LogP contribution >= 0.6 is 24.0 Å². The first kappa shape index (κ1) is 20.2. The van der Waals surface area contributed by atoms with Gasteiger partial charge in [0.05, 0.1) is 17.8 Å². The molecule has 0 aliphatic carbocycles. The van der Waals surface area contributed by atoms with Gasteiger partial charge in [0.25, 0.3) is 5.91 Å². The Kier molecular flexibility index (Phi) is 6.14. The lowest BCUT2D eigenvalue weighted by molar-refractivity contribution is 0.0746. The van der Waals surface area contributed by atoms with Gasteiger partial charge in [-0.3, -0.25) is 9.48 Å². The number of amides is 1. The Morgan fingerprint density at radius 2 is 1.96 bits per heavy atom. The number of aromatic nitrogens is 2.